The van der Waals surface area contributed by atoms with Crippen LogP contribution in [-0.2, 0) is 0 Å². The van der Waals surface area contributed by atoms with Crippen molar-refractivity contribution in [1.29, 1.82) is 0 Å². The Labute approximate surface area is 154 Å². The minimum atomic E-state index is 0. The SMILES string of the molecule is CCCCCCCCCCCCN.I.I.I. The van der Waals surface area contributed by atoms with Crippen LogP contribution in [0.4, 0.5) is 0 Å². The summed E-state index contributed by atoms with van der Waals surface area (Å²) in [6.07, 6.45) is 13.9. The Morgan fingerprint density at radius 2 is 0.875 bits per heavy atom. The van der Waals surface area contributed by atoms with Gasteiger partial charge in [0.05, 0.1) is 0 Å². The molecule has 0 atom stereocenters. The van der Waals surface area contributed by atoms with E-state index in [2.05, 4.69) is 6.92 Å². The number of rotatable bonds is 10. The minimum Gasteiger partial charge on any atom is -0.330 e. The van der Waals surface area contributed by atoms with Crippen molar-refractivity contribution in [3.63, 3.8) is 0 Å². The van der Waals surface area contributed by atoms with E-state index in [9.17, 15) is 0 Å². The van der Waals surface area contributed by atoms with Crippen LogP contribution in [0.3, 0.4) is 0 Å². The second kappa shape index (κ2) is 25.9. The zero-order valence-corrected chi connectivity index (χ0v) is 17.6. The van der Waals surface area contributed by atoms with Crippen molar-refractivity contribution in [2.24, 2.45) is 5.73 Å². The fraction of sp³-hybridized carbons (Fsp3) is 1.00. The second-order valence-corrected chi connectivity index (χ2v) is 3.97. The monoisotopic (exact) mass is 569 g/mol. The quantitative estimate of drug-likeness (QED) is 0.265. The molecule has 0 aromatic carbocycles. The zero-order valence-electron chi connectivity index (χ0n) is 10.6. The van der Waals surface area contributed by atoms with Gasteiger partial charge >= 0.3 is 0 Å². The van der Waals surface area contributed by atoms with E-state index in [0.717, 1.165) is 6.54 Å². The van der Waals surface area contributed by atoms with Crippen LogP contribution in [0.25, 0.3) is 0 Å². The smallest absolute Gasteiger partial charge is 0.00773 e. The molecule has 0 saturated heterocycles. The molecule has 0 aliphatic rings. The molecule has 0 heterocycles. The summed E-state index contributed by atoms with van der Waals surface area (Å²) in [5.74, 6) is 0. The third-order valence-corrected chi connectivity index (χ3v) is 2.56. The molecular weight excluding hydrogens is 539 g/mol. The van der Waals surface area contributed by atoms with Crippen LogP contribution < -0.4 is 5.73 Å². The lowest BCUT2D eigenvalue weighted by Gasteiger charge is -2.00. The highest BCUT2D eigenvalue weighted by Crippen LogP contribution is 2.09. The third kappa shape index (κ3) is 25.1. The standard InChI is InChI=1S/C12H27N.3HI/c1-2-3-4-5-6-7-8-9-10-11-12-13;;;/h2-13H2,1H3;3*1H. The van der Waals surface area contributed by atoms with Crippen LogP contribution >= 0.6 is 71.9 Å². The normalized spacial score (nSPS) is 8.62. The summed E-state index contributed by atoms with van der Waals surface area (Å²) in [5, 5.41) is 0. The molecule has 0 fully saturated rings. The van der Waals surface area contributed by atoms with E-state index in [-0.39, 0.29) is 71.9 Å². The molecule has 0 aliphatic carbocycles. The Hall–Kier alpha value is 2.15. The van der Waals surface area contributed by atoms with Gasteiger partial charge in [-0.3, -0.25) is 0 Å². The molecule has 0 radical (unpaired) electrons. The van der Waals surface area contributed by atoms with Crippen molar-refractivity contribution < 1.29 is 0 Å². The van der Waals surface area contributed by atoms with Crippen molar-refractivity contribution in [3.8, 4) is 0 Å². The first kappa shape index (κ1) is 26.7. The van der Waals surface area contributed by atoms with Crippen molar-refractivity contribution in [3.05, 3.63) is 0 Å². The summed E-state index contributed by atoms with van der Waals surface area (Å²) in [6.45, 7) is 3.14. The molecule has 0 amide bonds. The molecule has 0 rings (SSSR count). The van der Waals surface area contributed by atoms with Crippen LogP contribution in [0.15, 0.2) is 0 Å². The fourth-order valence-corrected chi connectivity index (χ4v) is 1.63. The Kier molecular flexibility index (Phi) is 43.1. The highest BCUT2D eigenvalue weighted by Gasteiger charge is 1.90. The number of hydrogen-bond donors (Lipinski definition) is 1. The maximum atomic E-state index is 5.42. The summed E-state index contributed by atoms with van der Waals surface area (Å²) >= 11 is 0. The zero-order chi connectivity index (χ0) is 9.78. The molecule has 0 saturated carbocycles. The number of hydrogen-bond acceptors (Lipinski definition) is 1. The van der Waals surface area contributed by atoms with E-state index < -0.39 is 0 Å². The number of halogens is 3. The van der Waals surface area contributed by atoms with Crippen LogP contribution in [-0.4, -0.2) is 6.54 Å². The molecule has 0 bridgehead atoms. The van der Waals surface area contributed by atoms with Crippen molar-refractivity contribution in [1.82, 2.24) is 0 Å². The van der Waals surface area contributed by atoms with Gasteiger partial charge in [0.25, 0.3) is 0 Å². The average molecular weight is 569 g/mol. The minimum absolute atomic E-state index is 0. The summed E-state index contributed by atoms with van der Waals surface area (Å²) < 4.78 is 0. The molecule has 0 unspecified atom stereocenters. The van der Waals surface area contributed by atoms with Gasteiger partial charge in [0.15, 0.2) is 0 Å². The van der Waals surface area contributed by atoms with Gasteiger partial charge < -0.3 is 5.73 Å². The maximum absolute atomic E-state index is 5.42. The summed E-state index contributed by atoms with van der Waals surface area (Å²) in [7, 11) is 0. The molecule has 0 spiro atoms. The maximum Gasteiger partial charge on any atom is -0.00773 e. The predicted molar refractivity (Wildman–Crippen MR) is 107 cm³/mol. The first-order valence-electron chi connectivity index (χ1n) is 6.12. The van der Waals surface area contributed by atoms with Crippen LogP contribution in [0.1, 0.15) is 71.1 Å². The van der Waals surface area contributed by atoms with Gasteiger partial charge in [0.2, 0.25) is 0 Å². The highest BCUT2D eigenvalue weighted by molar-refractivity contribution is 14.0. The number of unbranched alkanes of at least 4 members (excludes halogenated alkanes) is 9. The fourth-order valence-electron chi connectivity index (χ4n) is 1.63. The largest absolute Gasteiger partial charge is 0.330 e. The third-order valence-electron chi connectivity index (χ3n) is 2.56. The molecule has 0 aliphatic heterocycles. The lowest BCUT2D eigenvalue weighted by Crippen LogP contribution is -1.97. The first-order chi connectivity index (χ1) is 6.41. The lowest BCUT2D eigenvalue weighted by molar-refractivity contribution is 0.558. The van der Waals surface area contributed by atoms with Crippen LogP contribution in [0, 0.1) is 0 Å². The van der Waals surface area contributed by atoms with Gasteiger partial charge in [0, 0.05) is 0 Å². The molecule has 2 N–H and O–H groups in total. The predicted octanol–water partition coefficient (Wildman–Crippen LogP) is 5.72. The van der Waals surface area contributed by atoms with E-state index in [1.165, 1.54) is 64.2 Å². The molecule has 0 aromatic heterocycles. The topological polar surface area (TPSA) is 26.0 Å². The van der Waals surface area contributed by atoms with Gasteiger partial charge in [0.1, 0.15) is 0 Å². The van der Waals surface area contributed by atoms with Gasteiger partial charge in [-0.15, -0.1) is 71.9 Å². The lowest BCUT2D eigenvalue weighted by atomic mass is 10.1. The Morgan fingerprint density at radius 3 is 1.19 bits per heavy atom. The van der Waals surface area contributed by atoms with Crippen LogP contribution in [0.5, 0.6) is 0 Å². The Morgan fingerprint density at radius 1 is 0.562 bits per heavy atom. The summed E-state index contributed by atoms with van der Waals surface area (Å²) in [5.41, 5.74) is 5.42. The van der Waals surface area contributed by atoms with E-state index in [1.807, 2.05) is 0 Å². The van der Waals surface area contributed by atoms with Crippen molar-refractivity contribution in [2.45, 2.75) is 71.1 Å². The van der Waals surface area contributed by atoms with Gasteiger partial charge in [-0.05, 0) is 13.0 Å². The van der Waals surface area contributed by atoms with Crippen molar-refractivity contribution in [2.75, 3.05) is 6.54 Å². The van der Waals surface area contributed by atoms with Crippen molar-refractivity contribution >= 4 is 71.9 Å². The second-order valence-electron chi connectivity index (χ2n) is 3.97. The van der Waals surface area contributed by atoms with E-state index in [1.54, 1.807) is 0 Å². The number of nitrogens with two attached hydrogens (primary N) is 1. The van der Waals surface area contributed by atoms with Crippen LogP contribution in [0.2, 0.25) is 0 Å². The average Bonchev–Trinajstić information content (AvgIpc) is 2.16. The Bertz CT molecular complexity index is 82.3. The molecule has 0 aromatic rings. The molecule has 104 valence electrons. The van der Waals surface area contributed by atoms with Gasteiger partial charge in [-0.1, -0.05) is 64.7 Å². The molecule has 1 nitrogen and oxygen atoms in total. The van der Waals surface area contributed by atoms with Gasteiger partial charge in [-0.25, -0.2) is 0 Å². The van der Waals surface area contributed by atoms with Gasteiger partial charge in [-0.2, -0.15) is 0 Å². The Balaban J connectivity index is -0.000000240. The molecule has 16 heavy (non-hydrogen) atoms. The van der Waals surface area contributed by atoms with E-state index >= 15 is 0 Å². The summed E-state index contributed by atoms with van der Waals surface area (Å²) in [6, 6.07) is 0. The summed E-state index contributed by atoms with van der Waals surface area (Å²) in [4.78, 5) is 0. The molecular formula is C12H30I3N. The van der Waals surface area contributed by atoms with E-state index in [4.69, 9.17) is 5.73 Å². The molecule has 4 heteroatoms. The first-order valence-corrected chi connectivity index (χ1v) is 6.12. The van der Waals surface area contributed by atoms with E-state index in [0.29, 0.717) is 0 Å². The highest BCUT2D eigenvalue weighted by atomic mass is 127.